The Morgan fingerprint density at radius 1 is 1.40 bits per heavy atom. The number of pyridine rings is 1. The largest absolute Gasteiger partial charge is 0.415 e. The Kier molecular flexibility index (Phi) is 3.33. The van der Waals surface area contributed by atoms with Crippen molar-refractivity contribution in [3.05, 3.63) is 34.6 Å². The number of alkyl halides is 2. The summed E-state index contributed by atoms with van der Waals surface area (Å²) in [5, 5.41) is 4.37. The van der Waals surface area contributed by atoms with Crippen LogP contribution in [0.15, 0.2) is 18.2 Å². The van der Waals surface area contributed by atoms with Crippen LogP contribution in [0.3, 0.4) is 0 Å². The van der Waals surface area contributed by atoms with Gasteiger partial charge in [0.1, 0.15) is 5.15 Å². The minimum atomic E-state index is -2.90. The van der Waals surface area contributed by atoms with E-state index in [2.05, 4.69) is 14.8 Å². The molecular formula is C13H12ClF2N3O. The second kappa shape index (κ2) is 5.01. The lowest BCUT2D eigenvalue weighted by molar-refractivity contribution is -0.0530. The molecule has 0 aromatic carbocycles. The van der Waals surface area contributed by atoms with Crippen molar-refractivity contribution >= 4 is 11.6 Å². The molecule has 0 unspecified atom stereocenters. The first kappa shape index (κ1) is 13.3. The van der Waals surface area contributed by atoms with Gasteiger partial charge in [-0.25, -0.2) is 9.67 Å². The van der Waals surface area contributed by atoms with Gasteiger partial charge in [0.25, 0.3) is 0 Å². The van der Waals surface area contributed by atoms with E-state index in [1.807, 2.05) is 6.07 Å². The molecule has 106 valence electrons. The average Bonchev–Trinajstić information content (AvgIpc) is 3.13. The number of hydrogen-bond donors (Lipinski definition) is 0. The van der Waals surface area contributed by atoms with Crippen LogP contribution in [-0.2, 0) is 0 Å². The monoisotopic (exact) mass is 299 g/mol. The third kappa shape index (κ3) is 2.60. The molecule has 2 aromatic heterocycles. The summed E-state index contributed by atoms with van der Waals surface area (Å²) in [5.74, 6) is 0.903. The second-order valence-electron chi connectivity index (χ2n) is 4.74. The molecule has 4 nitrogen and oxygen atoms in total. The first-order valence-electron chi connectivity index (χ1n) is 6.23. The van der Waals surface area contributed by atoms with Crippen LogP contribution in [0, 0.1) is 6.92 Å². The molecule has 1 saturated carbocycles. The van der Waals surface area contributed by atoms with Crippen molar-refractivity contribution in [3.8, 4) is 11.7 Å². The fraction of sp³-hybridized carbons (Fsp3) is 0.385. The molecule has 0 radical (unpaired) electrons. The van der Waals surface area contributed by atoms with E-state index in [9.17, 15) is 8.78 Å². The van der Waals surface area contributed by atoms with E-state index in [1.165, 1.54) is 10.7 Å². The molecule has 1 aliphatic carbocycles. The van der Waals surface area contributed by atoms with Gasteiger partial charge in [-0.15, -0.1) is 5.10 Å². The zero-order chi connectivity index (χ0) is 14.3. The van der Waals surface area contributed by atoms with E-state index in [4.69, 9.17) is 11.6 Å². The first-order valence-corrected chi connectivity index (χ1v) is 6.60. The van der Waals surface area contributed by atoms with Gasteiger partial charge in [0.2, 0.25) is 5.88 Å². The van der Waals surface area contributed by atoms with Gasteiger partial charge in [0, 0.05) is 17.3 Å². The Hall–Kier alpha value is -1.69. The molecule has 0 bridgehead atoms. The van der Waals surface area contributed by atoms with Gasteiger partial charge in [0.15, 0.2) is 5.82 Å². The van der Waals surface area contributed by atoms with Crippen LogP contribution in [0.25, 0.3) is 5.82 Å². The van der Waals surface area contributed by atoms with Crippen molar-refractivity contribution in [3.63, 3.8) is 0 Å². The summed E-state index contributed by atoms with van der Waals surface area (Å²) in [4.78, 5) is 4.28. The van der Waals surface area contributed by atoms with Gasteiger partial charge in [-0.1, -0.05) is 17.7 Å². The van der Waals surface area contributed by atoms with Crippen LogP contribution in [0.2, 0.25) is 5.15 Å². The Balaban J connectivity index is 2.03. The molecule has 1 fully saturated rings. The molecule has 0 saturated heterocycles. The lowest BCUT2D eigenvalue weighted by Crippen LogP contribution is -2.07. The van der Waals surface area contributed by atoms with Gasteiger partial charge in [-0.3, -0.25) is 0 Å². The molecule has 0 spiro atoms. The molecule has 7 heteroatoms. The van der Waals surface area contributed by atoms with Crippen molar-refractivity contribution in [1.82, 2.24) is 14.8 Å². The zero-order valence-electron chi connectivity index (χ0n) is 10.7. The fourth-order valence-electron chi connectivity index (χ4n) is 2.13. The average molecular weight is 300 g/mol. The smallest absolute Gasteiger partial charge is 0.388 e. The van der Waals surface area contributed by atoms with Crippen molar-refractivity contribution in [2.75, 3.05) is 0 Å². The maximum Gasteiger partial charge on any atom is 0.388 e. The summed E-state index contributed by atoms with van der Waals surface area (Å²) in [7, 11) is 0. The third-order valence-corrected chi connectivity index (χ3v) is 3.37. The number of rotatable bonds is 4. The third-order valence-electron chi connectivity index (χ3n) is 3.16. The highest BCUT2D eigenvalue weighted by Gasteiger charge is 2.28. The lowest BCUT2D eigenvalue weighted by Gasteiger charge is -2.09. The molecule has 0 atom stereocenters. The van der Waals surface area contributed by atoms with Gasteiger partial charge in [-0.05, 0) is 31.7 Å². The topological polar surface area (TPSA) is 39.9 Å². The Morgan fingerprint density at radius 2 is 2.15 bits per heavy atom. The summed E-state index contributed by atoms with van der Waals surface area (Å²) < 4.78 is 30.3. The Labute approximate surface area is 119 Å². The van der Waals surface area contributed by atoms with Crippen LogP contribution in [0.1, 0.15) is 30.0 Å². The maximum absolute atomic E-state index is 12.2. The number of hydrogen-bond acceptors (Lipinski definition) is 3. The highest BCUT2D eigenvalue weighted by atomic mass is 35.5. The highest BCUT2D eigenvalue weighted by molar-refractivity contribution is 6.29. The number of nitrogens with zero attached hydrogens (tertiary/aromatic N) is 3. The van der Waals surface area contributed by atoms with Crippen LogP contribution in [-0.4, -0.2) is 21.4 Å². The minimum absolute atomic E-state index is 0.124. The van der Waals surface area contributed by atoms with Crippen molar-refractivity contribution in [1.29, 1.82) is 0 Å². The number of halogens is 3. The standard InChI is InChI=1S/C13H12ClF2N3O/c1-7-6-11(20-13(15)16)18-19(7)12-9(8-2-3-8)4-5-10(14)17-12/h4-6,8,13H,2-3H2,1H3. The summed E-state index contributed by atoms with van der Waals surface area (Å²) in [5.41, 5.74) is 1.70. The molecule has 2 heterocycles. The van der Waals surface area contributed by atoms with Crippen LogP contribution >= 0.6 is 11.6 Å². The zero-order valence-corrected chi connectivity index (χ0v) is 11.4. The Bertz CT molecular complexity index is 641. The summed E-state index contributed by atoms with van der Waals surface area (Å²) in [6.45, 7) is -1.14. The number of ether oxygens (including phenoxy) is 1. The quantitative estimate of drug-likeness (QED) is 0.808. The Morgan fingerprint density at radius 3 is 2.80 bits per heavy atom. The van der Waals surface area contributed by atoms with Gasteiger partial charge in [0.05, 0.1) is 0 Å². The SMILES string of the molecule is Cc1cc(OC(F)F)nn1-c1nc(Cl)ccc1C1CC1. The van der Waals surface area contributed by atoms with Gasteiger partial charge >= 0.3 is 6.61 Å². The predicted octanol–water partition coefficient (Wildman–Crippen LogP) is 3.71. The van der Waals surface area contributed by atoms with Gasteiger partial charge in [-0.2, -0.15) is 8.78 Å². The van der Waals surface area contributed by atoms with Crippen LogP contribution in [0.5, 0.6) is 5.88 Å². The number of aryl methyl sites for hydroxylation is 1. The molecule has 20 heavy (non-hydrogen) atoms. The van der Waals surface area contributed by atoms with E-state index >= 15 is 0 Å². The fourth-order valence-corrected chi connectivity index (χ4v) is 2.27. The van der Waals surface area contributed by atoms with E-state index in [0.29, 0.717) is 22.6 Å². The summed E-state index contributed by atoms with van der Waals surface area (Å²) in [6, 6.07) is 5.09. The minimum Gasteiger partial charge on any atom is -0.415 e. The predicted molar refractivity (Wildman–Crippen MR) is 69.7 cm³/mol. The van der Waals surface area contributed by atoms with Gasteiger partial charge < -0.3 is 4.74 Å². The molecule has 0 N–H and O–H groups in total. The van der Waals surface area contributed by atoms with Crippen LogP contribution in [0.4, 0.5) is 8.78 Å². The van der Waals surface area contributed by atoms with E-state index in [-0.39, 0.29) is 5.88 Å². The molecule has 2 aromatic rings. The van der Waals surface area contributed by atoms with E-state index < -0.39 is 6.61 Å². The molecule has 1 aliphatic rings. The normalized spacial score (nSPS) is 14.8. The van der Waals surface area contributed by atoms with E-state index in [0.717, 1.165) is 18.4 Å². The van der Waals surface area contributed by atoms with Crippen LogP contribution < -0.4 is 4.74 Å². The van der Waals surface area contributed by atoms with Crippen molar-refractivity contribution < 1.29 is 13.5 Å². The first-order chi connectivity index (χ1) is 9.54. The van der Waals surface area contributed by atoms with Crippen molar-refractivity contribution in [2.45, 2.75) is 32.3 Å². The highest BCUT2D eigenvalue weighted by Crippen LogP contribution is 2.42. The van der Waals surface area contributed by atoms with E-state index in [1.54, 1.807) is 13.0 Å². The maximum atomic E-state index is 12.2. The second-order valence-corrected chi connectivity index (χ2v) is 5.12. The van der Waals surface area contributed by atoms with Crippen molar-refractivity contribution in [2.24, 2.45) is 0 Å². The molecule has 0 amide bonds. The molecular weight excluding hydrogens is 288 g/mol. The molecule has 3 rings (SSSR count). The number of aromatic nitrogens is 3. The molecule has 0 aliphatic heterocycles. The lowest BCUT2D eigenvalue weighted by atomic mass is 10.1. The summed E-state index contributed by atoms with van der Waals surface area (Å²) >= 11 is 5.93. The summed E-state index contributed by atoms with van der Waals surface area (Å²) in [6.07, 6.45) is 2.19.